The molecular formula is C32H52N8O5. The standard InChI is InChI=1S/C30H48N8O3.C2H4O2/c31-26(32)22-15-13-19(14-16-22)18-23(20-8-3-1-4-9-20)28(40)38-25(21-10-5-2-6-11-21)29(41)37-24(27(33)39)12-7-17-36-30(34)35;1-2(3)4/h13-16,20-21,23-25H,1-12,17-18H2,(H3,31,32)(H2,33,39)(H,37,41)(H,38,40)(H4,34,35,36);1H3,(H,3,4). The third-order valence-corrected chi connectivity index (χ3v) is 8.58. The number of nitrogens with one attached hydrogen (secondary N) is 3. The summed E-state index contributed by atoms with van der Waals surface area (Å²) in [6.07, 6.45) is 11.4. The predicted octanol–water partition coefficient (Wildman–Crippen LogP) is 1.89. The van der Waals surface area contributed by atoms with E-state index in [1.54, 1.807) is 0 Å². The number of carboxylic acid groups (broad SMARTS) is 1. The highest BCUT2D eigenvalue weighted by molar-refractivity contribution is 5.95. The summed E-state index contributed by atoms with van der Waals surface area (Å²) in [6, 6.07) is 5.84. The Bertz CT molecular complexity index is 1150. The average Bonchev–Trinajstić information content (AvgIpc) is 3.00. The molecule has 0 saturated heterocycles. The number of carbonyl (C=O) groups is 4. The number of nitrogens with two attached hydrogens (primary N) is 4. The predicted molar refractivity (Wildman–Crippen MR) is 174 cm³/mol. The lowest BCUT2D eigenvalue weighted by molar-refractivity contribution is -0.135. The molecule has 13 heteroatoms. The van der Waals surface area contributed by atoms with Crippen molar-refractivity contribution in [2.75, 3.05) is 6.54 Å². The van der Waals surface area contributed by atoms with Crippen molar-refractivity contribution >= 4 is 35.5 Å². The second kappa shape index (κ2) is 19.3. The minimum atomic E-state index is -0.881. The summed E-state index contributed by atoms with van der Waals surface area (Å²) < 4.78 is 0. The number of benzene rings is 1. The first kappa shape index (κ1) is 37.0. The molecule has 0 heterocycles. The van der Waals surface area contributed by atoms with E-state index in [1.807, 2.05) is 24.3 Å². The Kier molecular flexibility index (Phi) is 15.9. The van der Waals surface area contributed by atoms with Crippen LogP contribution in [0.3, 0.4) is 0 Å². The summed E-state index contributed by atoms with van der Waals surface area (Å²) in [5, 5.41) is 21.0. The third-order valence-electron chi connectivity index (χ3n) is 8.58. The molecule has 3 rings (SSSR count). The number of carbonyl (C=O) groups excluding carboxylic acids is 3. The maximum absolute atomic E-state index is 14.0. The summed E-state index contributed by atoms with van der Waals surface area (Å²) >= 11 is 0. The van der Waals surface area contributed by atoms with Gasteiger partial charge in [0.25, 0.3) is 5.97 Å². The number of nitrogens with zero attached hydrogens (tertiary/aromatic N) is 1. The monoisotopic (exact) mass is 628 g/mol. The summed E-state index contributed by atoms with van der Waals surface area (Å²) in [6.45, 7) is 1.40. The van der Waals surface area contributed by atoms with E-state index in [2.05, 4.69) is 15.6 Å². The minimum absolute atomic E-state index is 0.00460. The van der Waals surface area contributed by atoms with Crippen LogP contribution in [0.2, 0.25) is 0 Å². The molecule has 12 N–H and O–H groups in total. The zero-order valence-electron chi connectivity index (χ0n) is 26.4. The maximum Gasteiger partial charge on any atom is 0.300 e. The number of amides is 3. The minimum Gasteiger partial charge on any atom is -0.481 e. The molecule has 3 amide bonds. The van der Waals surface area contributed by atoms with Gasteiger partial charge in [-0.1, -0.05) is 62.8 Å². The zero-order chi connectivity index (χ0) is 33.4. The lowest BCUT2D eigenvalue weighted by Gasteiger charge is -2.34. The smallest absolute Gasteiger partial charge is 0.300 e. The van der Waals surface area contributed by atoms with E-state index in [0.717, 1.165) is 70.3 Å². The van der Waals surface area contributed by atoms with Gasteiger partial charge in [0.1, 0.15) is 17.9 Å². The molecule has 0 aromatic heterocycles. The van der Waals surface area contributed by atoms with Crippen LogP contribution in [0.4, 0.5) is 0 Å². The third kappa shape index (κ3) is 13.6. The second-order valence-corrected chi connectivity index (χ2v) is 12.1. The highest BCUT2D eigenvalue weighted by Crippen LogP contribution is 2.33. The van der Waals surface area contributed by atoms with E-state index >= 15 is 0 Å². The Balaban J connectivity index is 0.00000166. The number of aliphatic imine (C=N–C) groups is 1. The van der Waals surface area contributed by atoms with Crippen LogP contribution in [-0.4, -0.2) is 59.2 Å². The van der Waals surface area contributed by atoms with Crippen LogP contribution in [0.25, 0.3) is 0 Å². The molecule has 1 aromatic rings. The lowest BCUT2D eigenvalue weighted by atomic mass is 9.76. The van der Waals surface area contributed by atoms with Crippen molar-refractivity contribution in [1.82, 2.24) is 10.6 Å². The number of hydrogen-bond acceptors (Lipinski definition) is 6. The number of hydrogen-bond donors (Lipinski definition) is 8. The van der Waals surface area contributed by atoms with Crippen molar-refractivity contribution in [3.8, 4) is 0 Å². The van der Waals surface area contributed by atoms with E-state index < -0.39 is 24.0 Å². The fraction of sp³-hybridized carbons (Fsp3) is 0.625. The van der Waals surface area contributed by atoms with Crippen LogP contribution in [0.15, 0.2) is 29.3 Å². The van der Waals surface area contributed by atoms with E-state index in [1.165, 1.54) is 6.42 Å². The van der Waals surface area contributed by atoms with E-state index in [-0.39, 0.29) is 41.4 Å². The molecule has 45 heavy (non-hydrogen) atoms. The fourth-order valence-electron chi connectivity index (χ4n) is 6.26. The highest BCUT2D eigenvalue weighted by atomic mass is 16.4. The molecule has 3 atom stereocenters. The normalized spacial score (nSPS) is 17.4. The van der Waals surface area contributed by atoms with Gasteiger partial charge < -0.3 is 38.7 Å². The first-order chi connectivity index (χ1) is 21.4. The Hall–Kier alpha value is -4.16. The summed E-state index contributed by atoms with van der Waals surface area (Å²) in [5.41, 5.74) is 23.6. The van der Waals surface area contributed by atoms with Gasteiger partial charge in [0.05, 0.1) is 0 Å². The van der Waals surface area contributed by atoms with Crippen molar-refractivity contribution in [2.24, 2.45) is 45.7 Å². The molecule has 0 radical (unpaired) electrons. The number of aliphatic carboxylic acids is 1. The number of carboxylic acids is 1. The highest BCUT2D eigenvalue weighted by Gasteiger charge is 2.36. The van der Waals surface area contributed by atoms with Crippen LogP contribution >= 0.6 is 0 Å². The molecule has 2 fully saturated rings. The van der Waals surface area contributed by atoms with E-state index in [4.69, 9.17) is 38.2 Å². The first-order valence-corrected chi connectivity index (χ1v) is 16.0. The van der Waals surface area contributed by atoms with Crippen molar-refractivity contribution in [1.29, 1.82) is 5.41 Å². The largest absolute Gasteiger partial charge is 0.481 e. The van der Waals surface area contributed by atoms with Gasteiger partial charge in [-0.25, -0.2) is 0 Å². The molecule has 0 aliphatic heterocycles. The van der Waals surface area contributed by atoms with Crippen LogP contribution in [-0.2, 0) is 25.6 Å². The Labute approximate surface area is 265 Å². The molecule has 1 aromatic carbocycles. The van der Waals surface area contributed by atoms with Crippen molar-refractivity contribution < 1.29 is 24.3 Å². The SMILES string of the molecule is CC(=O)O.N=C(N)c1ccc(CC(C(=O)NC(C(=O)NC(CCCN=C(N)N)C(N)=O)C2CCCCC2)C2CCCCC2)cc1. The number of nitrogen functional groups attached to an aromatic ring is 1. The lowest BCUT2D eigenvalue weighted by Crippen LogP contribution is -2.57. The zero-order valence-corrected chi connectivity index (χ0v) is 26.4. The molecule has 3 unspecified atom stereocenters. The first-order valence-electron chi connectivity index (χ1n) is 16.0. The number of amidine groups is 1. The summed E-state index contributed by atoms with van der Waals surface area (Å²) in [7, 11) is 0. The molecule has 0 spiro atoms. The van der Waals surface area contributed by atoms with Gasteiger partial charge >= 0.3 is 0 Å². The average molecular weight is 629 g/mol. The van der Waals surface area contributed by atoms with Gasteiger partial charge in [0.2, 0.25) is 17.7 Å². The molecular weight excluding hydrogens is 576 g/mol. The quantitative estimate of drug-likeness (QED) is 0.0855. The number of guanidine groups is 1. The van der Waals surface area contributed by atoms with Gasteiger partial charge in [-0.15, -0.1) is 0 Å². The van der Waals surface area contributed by atoms with Gasteiger partial charge in [0.15, 0.2) is 5.96 Å². The van der Waals surface area contributed by atoms with Crippen LogP contribution in [0.1, 0.15) is 95.1 Å². The van der Waals surface area contributed by atoms with Crippen molar-refractivity contribution in [3.05, 3.63) is 35.4 Å². The van der Waals surface area contributed by atoms with E-state index in [0.29, 0.717) is 31.4 Å². The summed E-state index contributed by atoms with van der Waals surface area (Å²) in [5.74, 6) is -2.07. The molecule has 0 bridgehead atoms. The fourth-order valence-corrected chi connectivity index (χ4v) is 6.26. The van der Waals surface area contributed by atoms with Gasteiger partial charge in [0, 0.05) is 24.9 Å². The molecule has 2 saturated carbocycles. The van der Waals surface area contributed by atoms with Crippen molar-refractivity contribution in [2.45, 2.75) is 102 Å². The molecule has 2 aliphatic carbocycles. The summed E-state index contributed by atoms with van der Waals surface area (Å²) in [4.78, 5) is 52.8. The van der Waals surface area contributed by atoms with Crippen LogP contribution < -0.4 is 33.6 Å². The number of rotatable bonds is 14. The Morgan fingerprint density at radius 2 is 1.40 bits per heavy atom. The Morgan fingerprint density at radius 3 is 1.89 bits per heavy atom. The van der Waals surface area contributed by atoms with Gasteiger partial charge in [-0.05, 0) is 62.3 Å². The molecule has 250 valence electrons. The van der Waals surface area contributed by atoms with Crippen LogP contribution in [0.5, 0.6) is 0 Å². The molecule has 2 aliphatic rings. The molecule has 13 nitrogen and oxygen atoms in total. The second-order valence-electron chi connectivity index (χ2n) is 12.1. The number of primary amides is 1. The van der Waals surface area contributed by atoms with E-state index in [9.17, 15) is 14.4 Å². The van der Waals surface area contributed by atoms with Crippen molar-refractivity contribution in [3.63, 3.8) is 0 Å². The van der Waals surface area contributed by atoms with Gasteiger partial charge in [-0.3, -0.25) is 29.6 Å². The topological polar surface area (TPSA) is 253 Å². The Morgan fingerprint density at radius 1 is 0.867 bits per heavy atom. The maximum atomic E-state index is 14.0. The van der Waals surface area contributed by atoms with Crippen LogP contribution in [0, 0.1) is 23.2 Å². The van der Waals surface area contributed by atoms with Gasteiger partial charge in [-0.2, -0.15) is 0 Å².